The summed E-state index contributed by atoms with van der Waals surface area (Å²) >= 11 is 0. The number of carbonyl (C=O) groups is 1. The number of benzene rings is 2. The molecular weight excluding hydrogens is 348 g/mol. The first-order chi connectivity index (χ1) is 13.5. The summed E-state index contributed by atoms with van der Waals surface area (Å²) in [6.45, 7) is 8.27. The van der Waals surface area contributed by atoms with Crippen LogP contribution in [0.2, 0.25) is 0 Å². The predicted octanol–water partition coefficient (Wildman–Crippen LogP) is 4.93. The minimum absolute atomic E-state index is 0.0803. The first kappa shape index (κ1) is 19.9. The fourth-order valence-electron chi connectivity index (χ4n) is 3.18. The third kappa shape index (κ3) is 5.57. The van der Waals surface area contributed by atoms with Crippen molar-refractivity contribution in [2.45, 2.75) is 46.4 Å². The van der Waals surface area contributed by atoms with Crippen LogP contribution in [0.5, 0.6) is 0 Å². The Morgan fingerprint density at radius 1 is 0.929 bits per heavy atom. The highest BCUT2D eigenvalue weighted by molar-refractivity contribution is 5.91. The Kier molecular flexibility index (Phi) is 6.66. The van der Waals surface area contributed by atoms with E-state index in [4.69, 9.17) is 4.42 Å². The smallest absolute Gasteiger partial charge is 0.287 e. The molecule has 0 saturated heterocycles. The van der Waals surface area contributed by atoms with Gasteiger partial charge in [0, 0.05) is 19.1 Å². The van der Waals surface area contributed by atoms with E-state index in [1.165, 1.54) is 16.7 Å². The Morgan fingerprint density at radius 2 is 1.64 bits per heavy atom. The normalized spacial score (nSPS) is 11.2. The highest BCUT2D eigenvalue weighted by atomic mass is 16.4. The zero-order chi connectivity index (χ0) is 19.9. The number of rotatable bonds is 8. The van der Waals surface area contributed by atoms with Crippen LogP contribution < -0.4 is 5.32 Å². The Labute approximate surface area is 167 Å². The van der Waals surface area contributed by atoms with Crippen molar-refractivity contribution in [3.05, 3.63) is 94.9 Å². The first-order valence-electron chi connectivity index (χ1n) is 9.71. The predicted molar refractivity (Wildman–Crippen MR) is 112 cm³/mol. The zero-order valence-electron chi connectivity index (χ0n) is 16.8. The van der Waals surface area contributed by atoms with Crippen LogP contribution in [0, 0.1) is 6.92 Å². The SMILES string of the molecule is Cc1ccccc1CN(Cc1ccccc1)Cc1ccc(C(=O)NC(C)C)o1. The zero-order valence-corrected chi connectivity index (χ0v) is 16.8. The van der Waals surface area contributed by atoms with Crippen LogP contribution in [0.25, 0.3) is 0 Å². The molecule has 0 aliphatic rings. The number of aryl methyl sites for hydroxylation is 1. The van der Waals surface area contributed by atoms with E-state index < -0.39 is 0 Å². The lowest BCUT2D eigenvalue weighted by molar-refractivity contribution is 0.0910. The second kappa shape index (κ2) is 9.38. The molecule has 1 amide bonds. The number of hydrogen-bond donors (Lipinski definition) is 1. The molecule has 4 heteroatoms. The number of furan rings is 1. The Balaban J connectivity index is 1.76. The van der Waals surface area contributed by atoms with E-state index in [0.717, 1.165) is 18.8 Å². The van der Waals surface area contributed by atoms with Crippen molar-refractivity contribution < 1.29 is 9.21 Å². The molecule has 1 heterocycles. The van der Waals surface area contributed by atoms with Crippen molar-refractivity contribution in [2.24, 2.45) is 0 Å². The standard InChI is InChI=1S/C24H28N2O2/c1-18(2)25-24(27)23-14-13-22(28-23)17-26(15-20-10-5-4-6-11-20)16-21-12-8-7-9-19(21)3/h4-14,18H,15-17H2,1-3H3,(H,25,27). The molecule has 0 spiro atoms. The molecule has 3 aromatic rings. The lowest BCUT2D eigenvalue weighted by Gasteiger charge is -2.22. The van der Waals surface area contributed by atoms with Crippen LogP contribution in [-0.2, 0) is 19.6 Å². The molecule has 0 bridgehead atoms. The van der Waals surface area contributed by atoms with Crippen LogP contribution >= 0.6 is 0 Å². The number of carbonyl (C=O) groups excluding carboxylic acids is 1. The summed E-state index contributed by atoms with van der Waals surface area (Å²) in [6.07, 6.45) is 0. The van der Waals surface area contributed by atoms with Gasteiger partial charge in [-0.05, 0) is 49.6 Å². The van der Waals surface area contributed by atoms with Gasteiger partial charge in [-0.1, -0.05) is 54.6 Å². The maximum Gasteiger partial charge on any atom is 0.287 e. The Morgan fingerprint density at radius 3 is 2.36 bits per heavy atom. The van der Waals surface area contributed by atoms with E-state index in [9.17, 15) is 4.79 Å². The second-order valence-electron chi connectivity index (χ2n) is 7.45. The van der Waals surface area contributed by atoms with E-state index >= 15 is 0 Å². The molecular formula is C24H28N2O2. The van der Waals surface area contributed by atoms with E-state index in [2.05, 4.69) is 65.7 Å². The highest BCUT2D eigenvalue weighted by Gasteiger charge is 2.15. The highest BCUT2D eigenvalue weighted by Crippen LogP contribution is 2.18. The van der Waals surface area contributed by atoms with Gasteiger partial charge in [0.25, 0.3) is 5.91 Å². The molecule has 0 saturated carbocycles. The van der Waals surface area contributed by atoms with Crippen molar-refractivity contribution in [3.8, 4) is 0 Å². The lowest BCUT2D eigenvalue weighted by atomic mass is 10.1. The molecule has 0 unspecified atom stereocenters. The average molecular weight is 377 g/mol. The Hall–Kier alpha value is -2.85. The summed E-state index contributed by atoms with van der Waals surface area (Å²) in [5, 5.41) is 2.87. The average Bonchev–Trinajstić information content (AvgIpc) is 3.12. The molecule has 2 aromatic carbocycles. The molecule has 1 aromatic heterocycles. The van der Waals surface area contributed by atoms with Gasteiger partial charge in [0.2, 0.25) is 0 Å². The van der Waals surface area contributed by atoms with Gasteiger partial charge in [-0.2, -0.15) is 0 Å². The molecule has 0 atom stereocenters. The van der Waals surface area contributed by atoms with E-state index in [1.807, 2.05) is 26.0 Å². The number of amides is 1. The van der Waals surface area contributed by atoms with Crippen molar-refractivity contribution in [2.75, 3.05) is 0 Å². The van der Waals surface area contributed by atoms with Gasteiger partial charge in [-0.25, -0.2) is 0 Å². The van der Waals surface area contributed by atoms with Crippen molar-refractivity contribution in [1.29, 1.82) is 0 Å². The first-order valence-corrected chi connectivity index (χ1v) is 9.71. The lowest BCUT2D eigenvalue weighted by Crippen LogP contribution is -2.29. The quantitative estimate of drug-likeness (QED) is 0.606. The van der Waals surface area contributed by atoms with Gasteiger partial charge < -0.3 is 9.73 Å². The molecule has 0 aliphatic carbocycles. The molecule has 28 heavy (non-hydrogen) atoms. The monoisotopic (exact) mass is 376 g/mol. The Bertz CT molecular complexity index is 900. The molecule has 0 aliphatic heterocycles. The van der Waals surface area contributed by atoms with E-state index in [-0.39, 0.29) is 11.9 Å². The molecule has 3 rings (SSSR count). The third-order valence-corrected chi connectivity index (χ3v) is 4.59. The molecule has 4 nitrogen and oxygen atoms in total. The van der Waals surface area contributed by atoms with Crippen LogP contribution in [0.4, 0.5) is 0 Å². The molecule has 146 valence electrons. The maximum absolute atomic E-state index is 12.2. The van der Waals surface area contributed by atoms with Crippen molar-refractivity contribution in [3.63, 3.8) is 0 Å². The van der Waals surface area contributed by atoms with Gasteiger partial charge >= 0.3 is 0 Å². The van der Waals surface area contributed by atoms with Gasteiger partial charge in [-0.15, -0.1) is 0 Å². The van der Waals surface area contributed by atoms with Gasteiger partial charge in [-0.3, -0.25) is 9.69 Å². The summed E-state index contributed by atoms with van der Waals surface area (Å²) in [6, 6.07) is 22.6. The fraction of sp³-hybridized carbons (Fsp3) is 0.292. The summed E-state index contributed by atoms with van der Waals surface area (Å²) < 4.78 is 5.83. The van der Waals surface area contributed by atoms with Gasteiger partial charge in [0.1, 0.15) is 5.76 Å². The minimum Gasteiger partial charge on any atom is -0.455 e. The number of nitrogens with zero attached hydrogens (tertiary/aromatic N) is 1. The third-order valence-electron chi connectivity index (χ3n) is 4.59. The van der Waals surface area contributed by atoms with Crippen LogP contribution in [0.15, 0.2) is 71.1 Å². The summed E-state index contributed by atoms with van der Waals surface area (Å²) in [5.74, 6) is 0.979. The summed E-state index contributed by atoms with van der Waals surface area (Å²) in [4.78, 5) is 14.5. The van der Waals surface area contributed by atoms with E-state index in [0.29, 0.717) is 12.3 Å². The second-order valence-corrected chi connectivity index (χ2v) is 7.45. The fourth-order valence-corrected chi connectivity index (χ4v) is 3.18. The van der Waals surface area contributed by atoms with Crippen molar-refractivity contribution >= 4 is 5.91 Å². The summed E-state index contributed by atoms with van der Waals surface area (Å²) in [5.41, 5.74) is 3.82. The molecule has 0 radical (unpaired) electrons. The summed E-state index contributed by atoms with van der Waals surface area (Å²) in [7, 11) is 0. The minimum atomic E-state index is -0.172. The van der Waals surface area contributed by atoms with E-state index in [1.54, 1.807) is 6.07 Å². The van der Waals surface area contributed by atoms with Crippen LogP contribution in [0.3, 0.4) is 0 Å². The number of nitrogens with one attached hydrogen (secondary N) is 1. The van der Waals surface area contributed by atoms with Crippen molar-refractivity contribution in [1.82, 2.24) is 10.2 Å². The number of hydrogen-bond acceptors (Lipinski definition) is 3. The van der Waals surface area contributed by atoms with Gasteiger partial charge in [0.05, 0.1) is 6.54 Å². The topological polar surface area (TPSA) is 45.5 Å². The van der Waals surface area contributed by atoms with Crippen LogP contribution in [0.1, 0.15) is 46.9 Å². The molecule has 0 fully saturated rings. The maximum atomic E-state index is 12.2. The van der Waals surface area contributed by atoms with Gasteiger partial charge in [0.15, 0.2) is 5.76 Å². The largest absolute Gasteiger partial charge is 0.455 e. The van der Waals surface area contributed by atoms with Crippen LogP contribution in [-0.4, -0.2) is 16.8 Å². The molecule has 1 N–H and O–H groups in total.